The number of rotatable bonds is 5. The molecule has 0 aromatic carbocycles. The number of hydrogen-bond donors (Lipinski definition) is 2. The molecule has 0 aliphatic carbocycles. The molecule has 0 aliphatic heterocycles. The zero-order valence-corrected chi connectivity index (χ0v) is 9.57. The summed E-state index contributed by atoms with van der Waals surface area (Å²) in [5, 5.41) is 24.4. The molecule has 8 nitrogen and oxygen atoms in total. The third-order valence-electron chi connectivity index (χ3n) is 2.37. The molecule has 0 saturated heterocycles. The highest BCUT2D eigenvalue weighted by Crippen LogP contribution is 1.98. The lowest BCUT2D eigenvalue weighted by molar-refractivity contribution is -0.133. The second-order valence-electron chi connectivity index (χ2n) is 3.64. The van der Waals surface area contributed by atoms with E-state index in [-0.39, 0.29) is 30.8 Å². The first-order valence-corrected chi connectivity index (χ1v) is 4.95. The molecule has 1 amide bonds. The fraction of sp³-hybridized carbons (Fsp3) is 0.556. The number of aliphatic hydroxyl groups is 1. The van der Waals surface area contributed by atoms with Gasteiger partial charge in [-0.1, -0.05) is 5.21 Å². The number of aromatic carboxylic acids is 1. The monoisotopic (exact) mass is 242 g/mol. The third-order valence-corrected chi connectivity index (χ3v) is 2.37. The second-order valence-corrected chi connectivity index (χ2v) is 3.64. The number of carbonyl (C=O) groups is 2. The summed E-state index contributed by atoms with van der Waals surface area (Å²) in [6, 6.07) is -0.301. The molecule has 1 aromatic rings. The quantitative estimate of drug-likeness (QED) is 0.672. The van der Waals surface area contributed by atoms with Crippen LogP contribution in [0.25, 0.3) is 0 Å². The number of amides is 1. The van der Waals surface area contributed by atoms with Crippen molar-refractivity contribution in [3.05, 3.63) is 11.9 Å². The Morgan fingerprint density at radius 1 is 1.59 bits per heavy atom. The van der Waals surface area contributed by atoms with Gasteiger partial charge in [0.25, 0.3) is 0 Å². The second kappa shape index (κ2) is 5.39. The van der Waals surface area contributed by atoms with Crippen molar-refractivity contribution in [2.24, 2.45) is 0 Å². The molecular formula is C9H14N4O4. The summed E-state index contributed by atoms with van der Waals surface area (Å²) in [5.41, 5.74) is -0.212. The van der Waals surface area contributed by atoms with Gasteiger partial charge >= 0.3 is 5.97 Å². The van der Waals surface area contributed by atoms with E-state index in [0.29, 0.717) is 0 Å². The van der Waals surface area contributed by atoms with Gasteiger partial charge in [-0.3, -0.25) is 4.79 Å². The Bertz CT molecular complexity index is 417. The van der Waals surface area contributed by atoms with Gasteiger partial charge in [0.05, 0.1) is 18.8 Å². The molecule has 1 unspecified atom stereocenters. The summed E-state index contributed by atoms with van der Waals surface area (Å²) in [6.07, 6.45) is 1.18. The molecule has 1 atom stereocenters. The summed E-state index contributed by atoms with van der Waals surface area (Å²) >= 11 is 0. The topological polar surface area (TPSA) is 109 Å². The standard InChI is InChI=1S/C9H14N4O4/c1-6(5-14)12(2)8(15)4-13-3-7(9(16)17)10-11-13/h3,6,14H,4-5H2,1-2H3,(H,16,17). The summed E-state index contributed by atoms with van der Waals surface area (Å²) in [4.78, 5) is 23.6. The first-order valence-electron chi connectivity index (χ1n) is 4.95. The van der Waals surface area contributed by atoms with Gasteiger partial charge in [0, 0.05) is 7.05 Å². The Labute approximate surface area is 97.5 Å². The number of aliphatic hydroxyl groups excluding tert-OH is 1. The minimum absolute atomic E-state index is 0.110. The summed E-state index contributed by atoms with van der Waals surface area (Å²) in [7, 11) is 1.55. The Kier molecular flexibility index (Phi) is 4.16. The van der Waals surface area contributed by atoms with E-state index in [1.807, 2.05) is 0 Å². The number of carboxylic acid groups (broad SMARTS) is 1. The van der Waals surface area contributed by atoms with Crippen molar-refractivity contribution in [3.8, 4) is 0 Å². The van der Waals surface area contributed by atoms with E-state index in [1.54, 1.807) is 14.0 Å². The van der Waals surface area contributed by atoms with E-state index in [4.69, 9.17) is 10.2 Å². The van der Waals surface area contributed by atoms with Crippen LogP contribution in [0, 0.1) is 0 Å². The van der Waals surface area contributed by atoms with Gasteiger partial charge in [-0.2, -0.15) is 0 Å². The zero-order chi connectivity index (χ0) is 13.0. The van der Waals surface area contributed by atoms with E-state index >= 15 is 0 Å². The fourth-order valence-electron chi connectivity index (χ4n) is 1.09. The zero-order valence-electron chi connectivity index (χ0n) is 9.57. The average molecular weight is 242 g/mol. The van der Waals surface area contributed by atoms with E-state index in [2.05, 4.69) is 10.3 Å². The Morgan fingerprint density at radius 3 is 2.71 bits per heavy atom. The van der Waals surface area contributed by atoms with E-state index in [9.17, 15) is 9.59 Å². The fourth-order valence-corrected chi connectivity index (χ4v) is 1.09. The maximum atomic E-state index is 11.7. The number of likely N-dealkylation sites (N-methyl/N-ethyl adjacent to an activating group) is 1. The van der Waals surface area contributed by atoms with Gasteiger partial charge in [-0.15, -0.1) is 5.10 Å². The highest BCUT2D eigenvalue weighted by atomic mass is 16.4. The van der Waals surface area contributed by atoms with E-state index in [1.165, 1.54) is 11.1 Å². The van der Waals surface area contributed by atoms with Crippen LogP contribution >= 0.6 is 0 Å². The normalized spacial score (nSPS) is 12.2. The van der Waals surface area contributed by atoms with Crippen LogP contribution in [0.2, 0.25) is 0 Å². The molecule has 1 heterocycles. The predicted octanol–water partition coefficient (Wildman–Crippen LogP) is -1.18. The van der Waals surface area contributed by atoms with Crippen molar-refractivity contribution in [1.29, 1.82) is 0 Å². The molecule has 1 aromatic heterocycles. The van der Waals surface area contributed by atoms with Gasteiger partial charge in [0.15, 0.2) is 5.69 Å². The maximum Gasteiger partial charge on any atom is 0.358 e. The molecule has 0 bridgehead atoms. The molecule has 0 spiro atoms. The van der Waals surface area contributed by atoms with Crippen molar-refractivity contribution in [3.63, 3.8) is 0 Å². The van der Waals surface area contributed by atoms with Gasteiger partial charge in [0.1, 0.15) is 6.54 Å². The first-order chi connectivity index (χ1) is 7.95. The first kappa shape index (κ1) is 13.1. The molecule has 2 N–H and O–H groups in total. The van der Waals surface area contributed by atoms with Gasteiger partial charge < -0.3 is 15.1 Å². The minimum Gasteiger partial charge on any atom is -0.476 e. The Balaban J connectivity index is 2.64. The molecule has 8 heteroatoms. The Morgan fingerprint density at radius 2 is 2.24 bits per heavy atom. The van der Waals surface area contributed by atoms with Crippen LogP contribution in [-0.2, 0) is 11.3 Å². The predicted molar refractivity (Wildman–Crippen MR) is 56.3 cm³/mol. The average Bonchev–Trinajstić information content (AvgIpc) is 2.75. The number of aromatic nitrogens is 3. The summed E-state index contributed by atoms with van der Waals surface area (Å²) in [5.74, 6) is -1.48. The van der Waals surface area contributed by atoms with Crippen molar-refractivity contribution in [2.45, 2.75) is 19.5 Å². The minimum atomic E-state index is -1.19. The van der Waals surface area contributed by atoms with Crippen molar-refractivity contribution in [1.82, 2.24) is 19.9 Å². The largest absolute Gasteiger partial charge is 0.476 e. The number of hydrogen-bond acceptors (Lipinski definition) is 5. The van der Waals surface area contributed by atoms with Crippen LogP contribution in [0.3, 0.4) is 0 Å². The maximum absolute atomic E-state index is 11.7. The molecule has 0 radical (unpaired) electrons. The number of carboxylic acids is 1. The molecule has 17 heavy (non-hydrogen) atoms. The molecule has 94 valence electrons. The molecule has 0 fully saturated rings. The molecule has 1 rings (SSSR count). The Hall–Kier alpha value is -1.96. The third kappa shape index (κ3) is 3.25. The highest BCUT2D eigenvalue weighted by Gasteiger charge is 2.16. The van der Waals surface area contributed by atoms with Crippen LogP contribution < -0.4 is 0 Å². The molecular weight excluding hydrogens is 228 g/mol. The van der Waals surface area contributed by atoms with E-state index in [0.717, 1.165) is 4.68 Å². The van der Waals surface area contributed by atoms with E-state index < -0.39 is 5.97 Å². The van der Waals surface area contributed by atoms with Gasteiger partial charge in [-0.25, -0.2) is 9.48 Å². The molecule has 0 saturated carbocycles. The van der Waals surface area contributed by atoms with Crippen LogP contribution in [0.4, 0.5) is 0 Å². The lowest BCUT2D eigenvalue weighted by Crippen LogP contribution is -2.39. The van der Waals surface area contributed by atoms with Crippen LogP contribution in [0.5, 0.6) is 0 Å². The van der Waals surface area contributed by atoms with Gasteiger partial charge in [-0.05, 0) is 6.92 Å². The number of nitrogens with zero attached hydrogens (tertiary/aromatic N) is 4. The van der Waals surface area contributed by atoms with Gasteiger partial charge in [0.2, 0.25) is 5.91 Å². The number of carbonyl (C=O) groups excluding carboxylic acids is 1. The summed E-state index contributed by atoms with van der Waals surface area (Å²) in [6.45, 7) is 1.45. The smallest absolute Gasteiger partial charge is 0.358 e. The van der Waals surface area contributed by atoms with Crippen molar-refractivity contribution >= 4 is 11.9 Å². The van der Waals surface area contributed by atoms with Crippen LogP contribution in [0.1, 0.15) is 17.4 Å². The molecule has 0 aliphatic rings. The SMILES string of the molecule is CC(CO)N(C)C(=O)Cn1cc(C(=O)O)nn1. The lowest BCUT2D eigenvalue weighted by Gasteiger charge is -2.22. The lowest BCUT2D eigenvalue weighted by atomic mass is 10.3. The van der Waals surface area contributed by atoms with Crippen molar-refractivity contribution in [2.75, 3.05) is 13.7 Å². The van der Waals surface area contributed by atoms with Crippen molar-refractivity contribution < 1.29 is 19.8 Å². The van der Waals surface area contributed by atoms with Crippen LogP contribution in [0.15, 0.2) is 6.20 Å². The highest BCUT2D eigenvalue weighted by molar-refractivity contribution is 5.84. The summed E-state index contributed by atoms with van der Waals surface area (Å²) < 4.78 is 1.15. The van der Waals surface area contributed by atoms with Crippen LogP contribution in [-0.4, -0.2) is 61.7 Å².